The number of fused-ring (bicyclic) bond motifs is 1. The zero-order valence-electron chi connectivity index (χ0n) is 20.5. The van der Waals surface area contributed by atoms with E-state index >= 15 is 0 Å². The highest BCUT2D eigenvalue weighted by molar-refractivity contribution is 6.04. The third kappa shape index (κ3) is 4.71. The van der Waals surface area contributed by atoms with Crippen LogP contribution in [0.2, 0.25) is 0 Å². The van der Waals surface area contributed by atoms with Gasteiger partial charge in [-0.25, -0.2) is 4.39 Å². The Morgan fingerprint density at radius 1 is 0.974 bits per heavy atom. The van der Waals surface area contributed by atoms with Crippen molar-refractivity contribution in [3.05, 3.63) is 96.5 Å². The molecule has 194 valence electrons. The van der Waals surface area contributed by atoms with Crippen molar-refractivity contribution in [1.29, 1.82) is 0 Å². The fraction of sp³-hybridized carbons (Fsp3) is 0.0690. The van der Waals surface area contributed by atoms with Crippen molar-refractivity contribution in [3.63, 3.8) is 0 Å². The second-order valence-corrected chi connectivity index (χ2v) is 8.59. The minimum absolute atomic E-state index is 0.0941. The molecule has 1 aliphatic heterocycles. The lowest BCUT2D eigenvalue weighted by atomic mass is 10.0. The highest BCUT2D eigenvalue weighted by Gasteiger charge is 2.26. The first-order chi connectivity index (χ1) is 19.0. The smallest absolute Gasteiger partial charge is 0.309 e. The maximum absolute atomic E-state index is 14.1. The highest BCUT2D eigenvalue weighted by Crippen LogP contribution is 2.41. The van der Waals surface area contributed by atoms with E-state index < -0.39 is 11.8 Å². The summed E-state index contributed by atoms with van der Waals surface area (Å²) in [5.41, 5.74) is 2.78. The number of hydrogen-bond donors (Lipinski definition) is 1. The molecule has 3 heterocycles. The summed E-state index contributed by atoms with van der Waals surface area (Å²) in [6.07, 6.45) is 1.50. The van der Waals surface area contributed by atoms with Crippen molar-refractivity contribution in [1.82, 2.24) is 9.78 Å². The first kappa shape index (κ1) is 24.0. The van der Waals surface area contributed by atoms with E-state index in [9.17, 15) is 14.0 Å². The van der Waals surface area contributed by atoms with Gasteiger partial charge >= 0.3 is 5.97 Å². The summed E-state index contributed by atoms with van der Waals surface area (Å²) >= 11 is 0. The molecule has 1 N–H and O–H groups in total. The summed E-state index contributed by atoms with van der Waals surface area (Å²) in [6.45, 7) is 1.39. The van der Waals surface area contributed by atoms with Crippen LogP contribution in [0.3, 0.4) is 0 Å². The number of carbonyl (C=O) groups excluding carboxylic acids is 2. The maximum Gasteiger partial charge on any atom is 0.309 e. The van der Waals surface area contributed by atoms with E-state index in [0.717, 1.165) is 0 Å². The van der Waals surface area contributed by atoms with Crippen LogP contribution in [-0.2, 0) is 4.79 Å². The Labute approximate surface area is 221 Å². The van der Waals surface area contributed by atoms with Gasteiger partial charge in [0.25, 0.3) is 5.91 Å². The molecule has 0 saturated heterocycles. The lowest BCUT2D eigenvalue weighted by molar-refractivity contribution is -0.132. The number of amides is 1. The predicted molar refractivity (Wildman–Crippen MR) is 138 cm³/mol. The molecule has 0 fully saturated rings. The predicted octanol–water partition coefficient (Wildman–Crippen LogP) is 5.84. The van der Waals surface area contributed by atoms with E-state index in [-0.39, 0.29) is 18.6 Å². The quantitative estimate of drug-likeness (QED) is 0.278. The second-order valence-electron chi connectivity index (χ2n) is 8.59. The monoisotopic (exact) mass is 525 g/mol. The molecule has 2 aromatic heterocycles. The van der Waals surface area contributed by atoms with Crippen molar-refractivity contribution in [3.8, 4) is 45.6 Å². The van der Waals surface area contributed by atoms with Crippen molar-refractivity contribution in [2.24, 2.45) is 0 Å². The fourth-order valence-corrected chi connectivity index (χ4v) is 4.22. The molecule has 0 unspecified atom stereocenters. The Morgan fingerprint density at radius 2 is 1.79 bits per heavy atom. The van der Waals surface area contributed by atoms with Gasteiger partial charge in [0, 0.05) is 18.2 Å². The molecule has 1 aliphatic rings. The van der Waals surface area contributed by atoms with E-state index in [1.807, 2.05) is 0 Å². The van der Waals surface area contributed by atoms with Crippen molar-refractivity contribution >= 4 is 17.6 Å². The molecule has 39 heavy (non-hydrogen) atoms. The van der Waals surface area contributed by atoms with Crippen LogP contribution in [0.25, 0.3) is 28.3 Å². The lowest BCUT2D eigenvalue weighted by Crippen LogP contribution is -2.11. The summed E-state index contributed by atoms with van der Waals surface area (Å²) in [5, 5.41) is 7.47. The molecular weight excluding hydrogens is 505 g/mol. The zero-order chi connectivity index (χ0) is 26.9. The summed E-state index contributed by atoms with van der Waals surface area (Å²) < 4.78 is 37.3. The van der Waals surface area contributed by atoms with Crippen LogP contribution in [0.15, 0.2) is 89.5 Å². The third-order valence-corrected chi connectivity index (χ3v) is 5.96. The SMILES string of the molecule is CC(=O)Oc1c(-c2ccc(NC(=O)c3ccc4c(c3)OCO4)cc2)c(-c2ccco2)nn1-c1cccc(F)c1. The Hall–Kier alpha value is -5.38. The summed E-state index contributed by atoms with van der Waals surface area (Å²) in [6, 6.07) is 21.1. The fourth-order valence-electron chi connectivity index (χ4n) is 4.22. The minimum Gasteiger partial charge on any atom is -0.463 e. The Kier molecular flexibility index (Phi) is 6.04. The third-order valence-electron chi connectivity index (χ3n) is 5.96. The van der Waals surface area contributed by atoms with E-state index in [2.05, 4.69) is 10.4 Å². The van der Waals surface area contributed by atoms with Crippen LogP contribution in [0.4, 0.5) is 10.1 Å². The average molecular weight is 525 g/mol. The van der Waals surface area contributed by atoms with Crippen LogP contribution in [0, 0.1) is 5.82 Å². The van der Waals surface area contributed by atoms with Crippen LogP contribution in [0.5, 0.6) is 17.4 Å². The number of ether oxygens (including phenoxy) is 3. The van der Waals surface area contributed by atoms with Gasteiger partial charge in [-0.2, -0.15) is 9.78 Å². The standard InChI is InChI=1S/C29H20FN3O6/c1-17(34)39-29-26(27(24-6-3-13-36-24)32-33(29)22-5-2-4-20(30)15-22)18-7-10-21(11-8-18)31-28(35)19-9-12-23-25(14-19)38-16-37-23/h2-15H,16H2,1H3,(H,31,35). The number of halogens is 1. The first-order valence-electron chi connectivity index (χ1n) is 11.9. The van der Waals surface area contributed by atoms with Crippen molar-refractivity contribution in [2.75, 3.05) is 12.1 Å². The zero-order valence-corrected chi connectivity index (χ0v) is 20.5. The van der Waals surface area contributed by atoms with Crippen LogP contribution < -0.4 is 19.5 Å². The molecule has 10 heteroatoms. The summed E-state index contributed by atoms with van der Waals surface area (Å²) in [5.74, 6) is 0.248. The summed E-state index contributed by atoms with van der Waals surface area (Å²) in [7, 11) is 0. The Bertz CT molecular complexity index is 1690. The normalized spacial score (nSPS) is 11.8. The molecule has 0 saturated carbocycles. The average Bonchev–Trinajstić information content (AvgIpc) is 3.68. The number of nitrogens with one attached hydrogen (secondary N) is 1. The molecule has 1 amide bonds. The number of benzene rings is 3. The Morgan fingerprint density at radius 3 is 2.54 bits per heavy atom. The van der Waals surface area contributed by atoms with Gasteiger partial charge in [-0.15, -0.1) is 0 Å². The molecule has 6 rings (SSSR count). The number of hydrogen-bond acceptors (Lipinski definition) is 7. The number of rotatable bonds is 6. The van der Waals surface area contributed by atoms with Crippen molar-refractivity contribution in [2.45, 2.75) is 6.92 Å². The molecule has 0 radical (unpaired) electrons. The van der Waals surface area contributed by atoms with Crippen LogP contribution in [0.1, 0.15) is 17.3 Å². The minimum atomic E-state index is -0.576. The molecule has 0 aliphatic carbocycles. The maximum atomic E-state index is 14.1. The number of furan rings is 1. The number of carbonyl (C=O) groups is 2. The van der Waals surface area contributed by atoms with Gasteiger partial charge in [0.05, 0.1) is 17.5 Å². The molecular formula is C29H20FN3O6. The number of nitrogens with zero attached hydrogens (tertiary/aromatic N) is 2. The molecule has 5 aromatic rings. The molecule has 0 spiro atoms. The number of aromatic nitrogens is 2. The number of esters is 1. The molecule has 0 atom stereocenters. The second kappa shape index (κ2) is 9.82. The van der Waals surface area contributed by atoms with Crippen LogP contribution >= 0.6 is 0 Å². The number of anilines is 1. The Balaban J connectivity index is 1.38. The van der Waals surface area contributed by atoms with Gasteiger partial charge in [-0.3, -0.25) is 9.59 Å². The van der Waals surface area contributed by atoms with Crippen molar-refractivity contribution < 1.29 is 32.6 Å². The highest BCUT2D eigenvalue weighted by atomic mass is 19.1. The van der Waals surface area contributed by atoms with Crippen LogP contribution in [-0.4, -0.2) is 28.4 Å². The first-order valence-corrected chi connectivity index (χ1v) is 11.9. The van der Waals surface area contributed by atoms with E-state index in [1.165, 1.54) is 36.1 Å². The lowest BCUT2D eigenvalue weighted by Gasteiger charge is -2.10. The summed E-state index contributed by atoms with van der Waals surface area (Å²) in [4.78, 5) is 24.9. The van der Waals surface area contributed by atoms with Gasteiger partial charge in [0.15, 0.2) is 17.3 Å². The van der Waals surface area contributed by atoms with Gasteiger partial charge in [-0.1, -0.05) is 18.2 Å². The van der Waals surface area contributed by atoms with E-state index in [1.54, 1.807) is 60.7 Å². The van der Waals surface area contributed by atoms with Gasteiger partial charge in [0.2, 0.25) is 12.7 Å². The van der Waals surface area contributed by atoms with Gasteiger partial charge in [-0.05, 0) is 66.2 Å². The molecule has 3 aromatic carbocycles. The molecule has 0 bridgehead atoms. The van der Waals surface area contributed by atoms with Gasteiger partial charge < -0.3 is 23.9 Å². The van der Waals surface area contributed by atoms with E-state index in [4.69, 9.17) is 18.6 Å². The van der Waals surface area contributed by atoms with Gasteiger partial charge in [0.1, 0.15) is 11.5 Å². The molecule has 9 nitrogen and oxygen atoms in total. The van der Waals surface area contributed by atoms with E-state index in [0.29, 0.717) is 51.0 Å². The topological polar surface area (TPSA) is 105 Å². The largest absolute Gasteiger partial charge is 0.463 e.